The number of halogens is 1. The summed E-state index contributed by atoms with van der Waals surface area (Å²) in [6.07, 6.45) is 0.813. The van der Waals surface area contributed by atoms with Crippen molar-refractivity contribution < 1.29 is 17.6 Å². The van der Waals surface area contributed by atoms with Crippen molar-refractivity contribution in [2.45, 2.75) is 30.8 Å². The van der Waals surface area contributed by atoms with Crippen molar-refractivity contribution in [1.82, 2.24) is 14.6 Å². The first-order chi connectivity index (χ1) is 12.3. The molecule has 0 aliphatic carbocycles. The van der Waals surface area contributed by atoms with Gasteiger partial charge in [0, 0.05) is 24.4 Å². The van der Waals surface area contributed by atoms with Crippen LogP contribution in [0.25, 0.3) is 0 Å². The van der Waals surface area contributed by atoms with Gasteiger partial charge in [-0.25, -0.2) is 17.8 Å². The summed E-state index contributed by atoms with van der Waals surface area (Å²) in [7, 11) is -2.13. The highest BCUT2D eigenvalue weighted by atomic mass is 32.2. The fourth-order valence-corrected chi connectivity index (χ4v) is 4.98. The van der Waals surface area contributed by atoms with Crippen LogP contribution in [0.1, 0.15) is 17.5 Å². The first-order valence-corrected chi connectivity index (χ1v) is 10.3. The van der Waals surface area contributed by atoms with E-state index in [-0.39, 0.29) is 0 Å². The van der Waals surface area contributed by atoms with E-state index in [2.05, 4.69) is 19.9 Å². The predicted molar refractivity (Wildman–Crippen MR) is 97.0 cm³/mol. The largest absolute Gasteiger partial charge is 0.301 e. The summed E-state index contributed by atoms with van der Waals surface area (Å²) in [5.41, 5.74) is 0.961. The maximum Gasteiger partial charge on any atom is 0.244 e. The molecule has 1 aliphatic heterocycles. The molecular weight excluding hydrogens is 379 g/mol. The molecule has 0 fully saturated rings. The first kappa shape index (κ1) is 18.9. The van der Waals surface area contributed by atoms with Gasteiger partial charge in [-0.05, 0) is 26.1 Å². The van der Waals surface area contributed by atoms with Crippen LogP contribution in [-0.4, -0.2) is 43.8 Å². The maximum atomic E-state index is 13.7. The lowest BCUT2D eigenvalue weighted by Gasteiger charge is -2.20. The van der Waals surface area contributed by atoms with Crippen LogP contribution in [0.4, 0.5) is 9.52 Å². The van der Waals surface area contributed by atoms with Gasteiger partial charge in [0.2, 0.25) is 15.9 Å². The fraction of sp³-hybridized carbons (Fsp3) is 0.375. The van der Waals surface area contributed by atoms with E-state index in [1.165, 1.54) is 30.4 Å². The number of hydrogen-bond acceptors (Lipinski definition) is 6. The van der Waals surface area contributed by atoms with Crippen LogP contribution in [0.15, 0.2) is 29.2 Å². The Bertz CT molecular complexity index is 929. The Kier molecular flexibility index (Phi) is 5.37. The highest BCUT2D eigenvalue weighted by Gasteiger charge is 2.26. The number of fused-ring (bicyclic) bond motifs is 1. The summed E-state index contributed by atoms with van der Waals surface area (Å²) in [6, 6.07) is 3.93. The smallest absolute Gasteiger partial charge is 0.244 e. The fourth-order valence-electron chi connectivity index (χ4n) is 2.60. The molecule has 2 heterocycles. The van der Waals surface area contributed by atoms with Gasteiger partial charge in [-0.15, -0.1) is 11.3 Å². The summed E-state index contributed by atoms with van der Waals surface area (Å²) in [5.74, 6) is -1.42. The van der Waals surface area contributed by atoms with E-state index in [4.69, 9.17) is 0 Å². The molecule has 1 aromatic heterocycles. The van der Waals surface area contributed by atoms with Gasteiger partial charge in [0.25, 0.3) is 0 Å². The second-order valence-corrected chi connectivity index (χ2v) is 8.91. The third kappa shape index (κ3) is 4.09. The maximum absolute atomic E-state index is 13.7. The van der Waals surface area contributed by atoms with Crippen molar-refractivity contribution in [3.8, 4) is 0 Å². The molecule has 0 bridgehead atoms. The molecule has 1 aromatic carbocycles. The van der Waals surface area contributed by atoms with Gasteiger partial charge in [-0.3, -0.25) is 4.79 Å². The number of hydrogen-bond donors (Lipinski definition) is 2. The van der Waals surface area contributed by atoms with Crippen LogP contribution >= 0.6 is 11.3 Å². The number of nitrogens with one attached hydrogen (secondary N) is 2. The van der Waals surface area contributed by atoms with Gasteiger partial charge in [0.05, 0.1) is 11.7 Å². The Morgan fingerprint density at radius 2 is 2.12 bits per heavy atom. The number of nitrogens with zero attached hydrogens (tertiary/aromatic N) is 2. The average molecular weight is 398 g/mol. The topological polar surface area (TPSA) is 91.4 Å². The summed E-state index contributed by atoms with van der Waals surface area (Å²) in [6.45, 7) is 3.08. The van der Waals surface area contributed by atoms with Gasteiger partial charge in [-0.2, -0.15) is 4.72 Å². The van der Waals surface area contributed by atoms with E-state index >= 15 is 0 Å². The van der Waals surface area contributed by atoms with Crippen molar-refractivity contribution >= 4 is 32.4 Å². The zero-order valence-electron chi connectivity index (χ0n) is 14.3. The monoisotopic (exact) mass is 398 g/mol. The van der Waals surface area contributed by atoms with Crippen LogP contribution in [-0.2, 0) is 27.8 Å². The van der Waals surface area contributed by atoms with Crippen molar-refractivity contribution in [3.05, 3.63) is 40.7 Å². The number of carbonyl (C=O) groups excluding carboxylic acids is 1. The van der Waals surface area contributed by atoms with E-state index in [0.717, 1.165) is 42.2 Å². The Balaban J connectivity index is 1.68. The minimum atomic E-state index is -4.15. The Morgan fingerprint density at radius 1 is 1.38 bits per heavy atom. The molecule has 140 valence electrons. The molecule has 3 rings (SSSR count). The van der Waals surface area contributed by atoms with E-state index < -0.39 is 32.7 Å². The van der Waals surface area contributed by atoms with Gasteiger partial charge in [0.1, 0.15) is 10.7 Å². The SMILES string of the molecule is CC(NS(=O)(=O)c1ccccc1F)C(=O)Nc1nc2c(s1)CN(C)CC2. The normalized spacial score (nSPS) is 16.1. The number of thiazole rings is 1. The van der Waals surface area contributed by atoms with Crippen LogP contribution in [0.3, 0.4) is 0 Å². The molecule has 2 N–H and O–H groups in total. The van der Waals surface area contributed by atoms with Crippen molar-refractivity contribution in [2.24, 2.45) is 0 Å². The third-order valence-corrected chi connectivity index (χ3v) is 6.58. The molecule has 0 saturated carbocycles. The van der Waals surface area contributed by atoms with Gasteiger partial charge in [-0.1, -0.05) is 12.1 Å². The zero-order valence-corrected chi connectivity index (χ0v) is 16.0. The summed E-state index contributed by atoms with van der Waals surface area (Å²) >= 11 is 1.38. The standard InChI is InChI=1S/C16H19FN4O3S2/c1-10(20-26(23,24)14-6-4-3-5-11(14)17)15(22)19-16-18-12-7-8-21(2)9-13(12)25-16/h3-6,10,20H,7-9H2,1-2H3,(H,18,19,22). The number of carbonyl (C=O) groups is 1. The molecule has 1 amide bonds. The molecule has 2 aromatic rings. The summed E-state index contributed by atoms with van der Waals surface area (Å²) < 4.78 is 40.4. The lowest BCUT2D eigenvalue weighted by Crippen LogP contribution is -2.41. The lowest BCUT2D eigenvalue weighted by molar-refractivity contribution is -0.117. The van der Waals surface area contributed by atoms with E-state index in [1.807, 2.05) is 7.05 Å². The number of amides is 1. The highest BCUT2D eigenvalue weighted by Crippen LogP contribution is 2.27. The number of likely N-dealkylation sites (N-methyl/N-ethyl adjacent to an activating group) is 1. The van der Waals surface area contributed by atoms with E-state index in [0.29, 0.717) is 5.13 Å². The Morgan fingerprint density at radius 3 is 2.85 bits per heavy atom. The highest BCUT2D eigenvalue weighted by molar-refractivity contribution is 7.89. The number of rotatable bonds is 5. The molecule has 0 spiro atoms. The van der Waals surface area contributed by atoms with Crippen LogP contribution in [0, 0.1) is 5.82 Å². The molecule has 1 unspecified atom stereocenters. The Hall–Kier alpha value is -1.88. The predicted octanol–water partition coefficient (Wildman–Crippen LogP) is 1.58. The van der Waals surface area contributed by atoms with E-state index in [9.17, 15) is 17.6 Å². The molecule has 1 atom stereocenters. The van der Waals surface area contributed by atoms with Crippen LogP contribution < -0.4 is 10.0 Å². The molecule has 1 aliphatic rings. The Labute approximate surface area is 155 Å². The second kappa shape index (κ2) is 7.39. The van der Waals surface area contributed by atoms with Gasteiger partial charge in [0.15, 0.2) is 5.13 Å². The molecule has 7 nitrogen and oxygen atoms in total. The summed E-state index contributed by atoms with van der Waals surface area (Å²) in [4.78, 5) is 19.5. The second-order valence-electron chi connectivity index (χ2n) is 6.14. The van der Waals surface area contributed by atoms with Gasteiger partial charge >= 0.3 is 0 Å². The van der Waals surface area contributed by atoms with Crippen molar-refractivity contribution in [3.63, 3.8) is 0 Å². The van der Waals surface area contributed by atoms with E-state index in [1.54, 1.807) is 0 Å². The minimum absolute atomic E-state index is 0.437. The number of anilines is 1. The zero-order chi connectivity index (χ0) is 18.9. The van der Waals surface area contributed by atoms with Crippen LogP contribution in [0.2, 0.25) is 0 Å². The van der Waals surface area contributed by atoms with Crippen molar-refractivity contribution in [2.75, 3.05) is 18.9 Å². The quantitative estimate of drug-likeness (QED) is 0.798. The lowest BCUT2D eigenvalue weighted by atomic mass is 10.2. The minimum Gasteiger partial charge on any atom is -0.301 e. The van der Waals surface area contributed by atoms with Crippen molar-refractivity contribution in [1.29, 1.82) is 0 Å². The third-order valence-electron chi connectivity index (χ3n) is 4.00. The first-order valence-electron chi connectivity index (χ1n) is 8.01. The molecule has 0 radical (unpaired) electrons. The number of sulfonamides is 1. The molecular formula is C16H19FN4O3S2. The molecule has 26 heavy (non-hydrogen) atoms. The molecule has 0 saturated heterocycles. The number of aromatic nitrogens is 1. The molecule has 10 heteroatoms. The van der Waals surface area contributed by atoms with Crippen LogP contribution in [0.5, 0.6) is 0 Å². The van der Waals surface area contributed by atoms with Gasteiger partial charge < -0.3 is 10.2 Å². The average Bonchev–Trinajstić information content (AvgIpc) is 2.95. The summed E-state index contributed by atoms with van der Waals surface area (Å²) in [5, 5.41) is 3.07. The number of benzene rings is 1.